The zero-order valence-electron chi connectivity index (χ0n) is 30.9. The van der Waals surface area contributed by atoms with E-state index >= 15 is 0 Å². The summed E-state index contributed by atoms with van der Waals surface area (Å²) in [4.78, 5) is 29.0. The second-order valence-electron chi connectivity index (χ2n) is 18.9. The number of morpholine rings is 1. The lowest BCUT2D eigenvalue weighted by molar-refractivity contribution is -0.203. The number of aliphatic hydroxyl groups is 2. The highest BCUT2D eigenvalue weighted by Crippen LogP contribution is 2.89. The Hall–Kier alpha value is -1.62. The molecule has 7 aliphatic rings. The summed E-state index contributed by atoms with van der Waals surface area (Å²) in [5, 5.41) is 23.8. The molecule has 2 amide bonds. The molecule has 0 radical (unpaired) electrons. The number of amides is 2. The molecule has 13 atom stereocenters. The molecule has 10 nitrogen and oxygen atoms in total. The van der Waals surface area contributed by atoms with Gasteiger partial charge in [-0.2, -0.15) is 0 Å². The van der Waals surface area contributed by atoms with Crippen molar-refractivity contribution in [3.05, 3.63) is 0 Å². The summed E-state index contributed by atoms with van der Waals surface area (Å²) >= 11 is 0. The Morgan fingerprint density at radius 3 is 2.27 bits per heavy atom. The van der Waals surface area contributed by atoms with E-state index in [9.17, 15) is 19.8 Å². The number of hydrogen-bond acceptors (Lipinski definition) is 8. The topological polar surface area (TPSA) is 118 Å². The van der Waals surface area contributed by atoms with E-state index in [4.69, 9.17) is 18.9 Å². The summed E-state index contributed by atoms with van der Waals surface area (Å²) in [5.41, 5.74) is -1.45. The van der Waals surface area contributed by atoms with E-state index in [1.807, 2.05) is 0 Å². The molecule has 48 heavy (non-hydrogen) atoms. The molecule has 0 bridgehead atoms. The van der Waals surface area contributed by atoms with Crippen LogP contribution in [0.2, 0.25) is 0 Å². The number of hydrogen-bond donors (Lipinski definition) is 2. The fraction of sp³-hybridized carbons (Fsp3) is 0.947. The van der Waals surface area contributed by atoms with Crippen LogP contribution in [0.1, 0.15) is 99.8 Å². The lowest BCUT2D eigenvalue weighted by Gasteiger charge is -2.63. The second-order valence-corrected chi connectivity index (χ2v) is 18.9. The van der Waals surface area contributed by atoms with Gasteiger partial charge in [0.25, 0.3) is 0 Å². The third-order valence-corrected chi connectivity index (χ3v) is 15.9. The number of carbonyl (C=O) groups excluding carboxylic acids is 2. The summed E-state index contributed by atoms with van der Waals surface area (Å²) in [6.07, 6.45) is 5.01. The van der Waals surface area contributed by atoms with E-state index in [-0.39, 0.29) is 57.2 Å². The van der Waals surface area contributed by atoms with Gasteiger partial charge in [0, 0.05) is 38.0 Å². The van der Waals surface area contributed by atoms with Crippen molar-refractivity contribution in [3.63, 3.8) is 0 Å². The summed E-state index contributed by atoms with van der Waals surface area (Å²) < 4.78 is 24.5. The molecule has 0 aromatic rings. The molecule has 5 aliphatic carbocycles. The Morgan fingerprint density at radius 2 is 1.62 bits per heavy atom. The van der Waals surface area contributed by atoms with Gasteiger partial charge >= 0.3 is 12.2 Å². The van der Waals surface area contributed by atoms with Crippen LogP contribution in [0.25, 0.3) is 0 Å². The number of rotatable bonds is 4. The summed E-state index contributed by atoms with van der Waals surface area (Å²) in [5.74, 6) is 1.27. The minimum Gasteiger partial charge on any atom is -0.446 e. The molecule has 272 valence electrons. The molecule has 5 saturated carbocycles. The van der Waals surface area contributed by atoms with Gasteiger partial charge in [-0.3, -0.25) is 0 Å². The normalized spacial score (nSPS) is 48.1. The maximum Gasteiger partial charge on any atom is 0.410 e. The molecule has 7 rings (SSSR count). The molecule has 2 aliphatic heterocycles. The van der Waals surface area contributed by atoms with Crippen LogP contribution < -0.4 is 0 Å². The Morgan fingerprint density at radius 1 is 0.979 bits per heavy atom. The van der Waals surface area contributed by atoms with Crippen LogP contribution in [0.3, 0.4) is 0 Å². The third-order valence-electron chi connectivity index (χ3n) is 15.9. The molecule has 2 heterocycles. The fourth-order valence-electron chi connectivity index (χ4n) is 13.5. The van der Waals surface area contributed by atoms with Crippen molar-refractivity contribution in [1.29, 1.82) is 0 Å². The molecule has 2 spiro atoms. The van der Waals surface area contributed by atoms with Gasteiger partial charge in [0.05, 0.1) is 37.1 Å². The Bertz CT molecular complexity index is 1290. The zero-order chi connectivity index (χ0) is 34.8. The molecule has 2 saturated heterocycles. The molecule has 7 fully saturated rings. The van der Waals surface area contributed by atoms with Gasteiger partial charge in [-0.1, -0.05) is 34.6 Å². The standard InChI is InChI=1S/C38H62N2O8/c1-22-20-23(30(34(4,5)44)48-31(42)39(8)9)46-28-27(22)35(6)14-15-38-21-37(38)13-12-26(47-32(43)40-16-18-45-19-17-40)33(2,3)24(37)10-11-25(38)36(35,7)29(28)41/h22-30,41,44H,10-21H2,1-9H3/t22-,23?,24+,25?,26?,27+,28?,29+,30+,35-,36-,37-,38+/m1/s1. The lowest BCUT2D eigenvalue weighted by atomic mass is 9.41. The molecule has 2 N–H and O–H groups in total. The molecule has 0 aromatic carbocycles. The van der Waals surface area contributed by atoms with Gasteiger partial charge in [0.1, 0.15) is 6.10 Å². The van der Waals surface area contributed by atoms with Crippen molar-refractivity contribution in [2.45, 2.75) is 136 Å². The van der Waals surface area contributed by atoms with Crippen LogP contribution in [0, 0.1) is 50.7 Å². The maximum atomic E-state index is 13.2. The smallest absolute Gasteiger partial charge is 0.410 e. The molecule has 4 unspecified atom stereocenters. The van der Waals surface area contributed by atoms with E-state index < -0.39 is 30.0 Å². The second kappa shape index (κ2) is 11.2. The first kappa shape index (κ1) is 34.8. The van der Waals surface area contributed by atoms with Crippen LogP contribution in [0.15, 0.2) is 0 Å². The van der Waals surface area contributed by atoms with Gasteiger partial charge in [-0.25, -0.2) is 9.59 Å². The van der Waals surface area contributed by atoms with Crippen molar-refractivity contribution in [3.8, 4) is 0 Å². The Balaban J connectivity index is 1.13. The Labute approximate surface area is 287 Å². The first-order chi connectivity index (χ1) is 22.3. The SMILES string of the molecule is C[C@@H]1CC([C@H](OC(=O)N(C)C)C(C)(C)O)OC2[C@H]1[C@@]1(C)CC[C@@]34C[C@@]35CCC(OC(=O)N3CCOCC3)C(C)(C)[C@@H]5CCC4[C@]1(C)[C@H]2O. The lowest BCUT2D eigenvalue weighted by Crippen LogP contribution is -2.60. The highest BCUT2D eigenvalue weighted by Gasteiger charge is 2.85. The van der Waals surface area contributed by atoms with Gasteiger partial charge in [0.2, 0.25) is 0 Å². The zero-order valence-corrected chi connectivity index (χ0v) is 30.9. The Kier molecular flexibility index (Phi) is 8.11. The van der Waals surface area contributed by atoms with Crippen molar-refractivity contribution in [1.82, 2.24) is 9.80 Å². The first-order valence-electron chi connectivity index (χ1n) is 18.8. The monoisotopic (exact) mass is 674 g/mol. The van der Waals surface area contributed by atoms with E-state index in [0.717, 1.165) is 32.1 Å². The van der Waals surface area contributed by atoms with Crippen LogP contribution >= 0.6 is 0 Å². The van der Waals surface area contributed by atoms with E-state index in [0.29, 0.717) is 44.6 Å². The summed E-state index contributed by atoms with van der Waals surface area (Å²) in [6.45, 7) is 17.4. The molecular weight excluding hydrogens is 612 g/mol. The average Bonchev–Trinajstić information content (AvgIpc) is 3.65. The van der Waals surface area contributed by atoms with E-state index in [1.165, 1.54) is 17.7 Å². The van der Waals surface area contributed by atoms with Crippen LogP contribution in [-0.2, 0) is 18.9 Å². The largest absolute Gasteiger partial charge is 0.446 e. The number of ether oxygens (including phenoxy) is 4. The van der Waals surface area contributed by atoms with Crippen molar-refractivity contribution >= 4 is 12.2 Å². The van der Waals surface area contributed by atoms with Gasteiger partial charge < -0.3 is 39.0 Å². The quantitative estimate of drug-likeness (QED) is 0.403. The average molecular weight is 675 g/mol. The fourth-order valence-corrected chi connectivity index (χ4v) is 13.5. The highest BCUT2D eigenvalue weighted by molar-refractivity contribution is 5.68. The first-order valence-corrected chi connectivity index (χ1v) is 18.8. The van der Waals surface area contributed by atoms with E-state index in [1.54, 1.807) is 32.8 Å². The molecule has 0 aromatic heterocycles. The number of fused-ring (bicyclic) bond motifs is 4. The van der Waals surface area contributed by atoms with Crippen LogP contribution in [0.4, 0.5) is 9.59 Å². The van der Waals surface area contributed by atoms with Crippen LogP contribution in [-0.4, -0.2) is 109 Å². The summed E-state index contributed by atoms with van der Waals surface area (Å²) in [6, 6.07) is 0. The summed E-state index contributed by atoms with van der Waals surface area (Å²) in [7, 11) is 3.27. The molecule has 10 heteroatoms. The van der Waals surface area contributed by atoms with Crippen LogP contribution in [0.5, 0.6) is 0 Å². The predicted octanol–water partition coefficient (Wildman–Crippen LogP) is 5.47. The highest BCUT2D eigenvalue weighted by atomic mass is 16.6. The minimum atomic E-state index is -1.31. The van der Waals surface area contributed by atoms with Crippen molar-refractivity contribution in [2.24, 2.45) is 50.7 Å². The maximum absolute atomic E-state index is 13.2. The number of carbonyl (C=O) groups is 2. The number of nitrogens with zero attached hydrogens (tertiary/aromatic N) is 2. The molecular formula is C38H62N2O8. The third kappa shape index (κ3) is 4.62. The van der Waals surface area contributed by atoms with Gasteiger partial charge in [-0.05, 0) is 105 Å². The van der Waals surface area contributed by atoms with Gasteiger partial charge in [-0.15, -0.1) is 0 Å². The van der Waals surface area contributed by atoms with Gasteiger partial charge in [0.15, 0.2) is 6.10 Å². The minimum absolute atomic E-state index is 0.0983. The van der Waals surface area contributed by atoms with Crippen molar-refractivity contribution in [2.75, 3.05) is 40.4 Å². The van der Waals surface area contributed by atoms with Crippen molar-refractivity contribution < 1.29 is 38.7 Å². The predicted molar refractivity (Wildman–Crippen MR) is 179 cm³/mol. The number of aliphatic hydroxyl groups excluding tert-OH is 1. The van der Waals surface area contributed by atoms with E-state index in [2.05, 4.69) is 34.6 Å².